The molecule has 0 bridgehead atoms. The molecule has 3 N–H and O–H groups in total. The van der Waals surface area contributed by atoms with E-state index in [0.29, 0.717) is 22.3 Å². The van der Waals surface area contributed by atoms with E-state index in [2.05, 4.69) is 82.2 Å². The number of anilines is 5. The van der Waals surface area contributed by atoms with Crippen molar-refractivity contribution < 1.29 is 9.30 Å². The lowest BCUT2D eigenvalue weighted by molar-refractivity contribution is 0.150. The summed E-state index contributed by atoms with van der Waals surface area (Å²) in [6.07, 6.45) is 10.3. The Labute approximate surface area is 332 Å². The Bertz CT molecular complexity index is 2130. The van der Waals surface area contributed by atoms with Gasteiger partial charge in [0.1, 0.15) is 18.7 Å². The van der Waals surface area contributed by atoms with Crippen molar-refractivity contribution in [1.29, 1.82) is 0 Å². The van der Waals surface area contributed by atoms with Gasteiger partial charge >= 0.3 is 0 Å². The van der Waals surface area contributed by atoms with Gasteiger partial charge in [0.2, 0.25) is 5.95 Å². The number of benzene rings is 3. The molecule has 3 aromatic carbocycles. The Balaban J connectivity index is 0.00000450. The van der Waals surface area contributed by atoms with E-state index in [9.17, 15) is 4.57 Å². The van der Waals surface area contributed by atoms with Crippen LogP contribution >= 0.6 is 35.5 Å². The Morgan fingerprint density at radius 1 is 0.870 bits per heavy atom. The lowest BCUT2D eigenvalue weighted by atomic mass is 9.98. The first-order chi connectivity index (χ1) is 25.7. The van der Waals surface area contributed by atoms with Gasteiger partial charge in [0.05, 0.1) is 28.1 Å². The van der Waals surface area contributed by atoms with Gasteiger partial charge in [-0.05, 0) is 84.3 Å². The highest BCUT2D eigenvalue weighted by molar-refractivity contribution is 9.10. The summed E-state index contributed by atoms with van der Waals surface area (Å²) in [5, 5.41) is 15.8. The molecule has 11 nitrogen and oxygen atoms in total. The van der Waals surface area contributed by atoms with Gasteiger partial charge in [-0.3, -0.25) is 9.58 Å². The molecular weight excluding hydrogens is 785 g/mol. The average molecular weight is 833 g/mol. The highest BCUT2D eigenvalue weighted by Crippen LogP contribution is 2.44. The third-order valence-electron chi connectivity index (χ3n) is 10.3. The Hall–Kier alpha value is -3.93. The monoisotopic (exact) mass is 831 g/mol. The molecule has 0 amide bonds. The molecule has 8 rings (SSSR count). The molecule has 2 aromatic heterocycles. The fourth-order valence-electron chi connectivity index (χ4n) is 7.36. The van der Waals surface area contributed by atoms with Gasteiger partial charge in [-0.2, -0.15) is 10.1 Å². The summed E-state index contributed by atoms with van der Waals surface area (Å²) < 4.78 is 22.7. The van der Waals surface area contributed by atoms with E-state index in [1.165, 1.54) is 0 Å². The third kappa shape index (κ3) is 8.79. The van der Waals surface area contributed by atoms with Crippen molar-refractivity contribution in [2.45, 2.75) is 37.8 Å². The zero-order valence-corrected chi connectivity index (χ0v) is 34.3. The summed E-state index contributed by atoms with van der Waals surface area (Å²) in [5.74, 6) is 1.76. The standard InChI is InChI=1S/C40H47BrN9O2P.ClH/c1-48-26-29(24-44-48)32-22-35(37(52-31-10-11-31)23-36(32)50-17-13-30(14-18-50)49-19-15-42-16-20-49)46-40-43-25-33(41)39(47-40)45-34-12-9-28(21-38(34)53(2,3)51)27-7-5-4-6-8-27;/h4-9,12,21-26,30-31,42H,10-11,13-20H2,1-3H3,(H2,43,45,46,47);1H. The van der Waals surface area contributed by atoms with E-state index >= 15 is 0 Å². The van der Waals surface area contributed by atoms with E-state index in [0.717, 1.165) is 115 Å². The molecule has 54 heavy (non-hydrogen) atoms. The second kappa shape index (κ2) is 16.4. The Morgan fingerprint density at radius 2 is 1.63 bits per heavy atom. The molecule has 4 heterocycles. The summed E-state index contributed by atoms with van der Waals surface area (Å²) >= 11 is 3.65. The van der Waals surface area contributed by atoms with Crippen LogP contribution < -0.4 is 30.9 Å². The number of rotatable bonds is 11. The molecule has 1 saturated carbocycles. The van der Waals surface area contributed by atoms with Crippen molar-refractivity contribution in [1.82, 2.24) is 30.0 Å². The predicted molar refractivity (Wildman–Crippen MR) is 226 cm³/mol. The maximum absolute atomic E-state index is 13.6. The molecule has 5 aromatic rings. The first-order valence-corrected chi connectivity index (χ1v) is 21.9. The zero-order valence-electron chi connectivity index (χ0n) is 31.0. The number of aromatic nitrogens is 4. The number of piperazine rings is 1. The van der Waals surface area contributed by atoms with Gasteiger partial charge in [0, 0.05) is 92.9 Å². The maximum Gasteiger partial charge on any atom is 0.229 e. The molecule has 0 atom stereocenters. The van der Waals surface area contributed by atoms with Crippen LogP contribution in [-0.2, 0) is 11.6 Å². The molecule has 2 saturated heterocycles. The van der Waals surface area contributed by atoms with Crippen LogP contribution in [-0.4, -0.2) is 89.4 Å². The fraction of sp³-hybridized carbons (Fsp3) is 0.375. The second-order valence-corrected chi connectivity index (χ2v) is 18.7. The summed E-state index contributed by atoms with van der Waals surface area (Å²) in [6.45, 7) is 9.96. The zero-order chi connectivity index (χ0) is 36.5. The molecular formula is C40H48BrClN9O2P. The minimum atomic E-state index is -2.67. The number of halogens is 2. The lowest BCUT2D eigenvalue weighted by Gasteiger charge is -2.41. The minimum absolute atomic E-state index is 0. The van der Waals surface area contributed by atoms with Gasteiger partial charge in [0.15, 0.2) is 0 Å². The number of nitrogens with one attached hydrogen (secondary N) is 3. The SMILES string of the molecule is Cl.Cn1cc(-c2cc(Nc3ncc(Br)c(Nc4ccc(-c5ccccc5)cc4P(C)(C)=O)n3)c(OC3CC3)cc2N2CCC(N3CCNCC3)CC2)cn1. The van der Waals surface area contributed by atoms with E-state index in [1.807, 2.05) is 54.3 Å². The number of hydrogen-bond acceptors (Lipinski definition) is 10. The van der Waals surface area contributed by atoms with Gasteiger partial charge in [-0.1, -0.05) is 36.4 Å². The normalized spacial score (nSPS) is 16.9. The predicted octanol–water partition coefficient (Wildman–Crippen LogP) is 7.88. The largest absolute Gasteiger partial charge is 0.488 e. The number of nitrogens with zero attached hydrogens (tertiary/aromatic N) is 6. The van der Waals surface area contributed by atoms with E-state index in [-0.39, 0.29) is 18.5 Å². The van der Waals surface area contributed by atoms with E-state index in [4.69, 9.17) is 9.72 Å². The van der Waals surface area contributed by atoms with Crippen molar-refractivity contribution in [3.05, 3.63) is 83.7 Å². The fourth-order valence-corrected chi connectivity index (χ4v) is 8.81. The van der Waals surface area contributed by atoms with Crippen LogP contribution in [0.15, 0.2) is 83.7 Å². The lowest BCUT2D eigenvalue weighted by Crippen LogP contribution is -2.52. The van der Waals surface area contributed by atoms with E-state index in [1.54, 1.807) is 19.5 Å². The molecule has 2 aliphatic heterocycles. The molecule has 3 aliphatic rings. The quantitative estimate of drug-likeness (QED) is 0.114. The van der Waals surface area contributed by atoms with Crippen molar-refractivity contribution in [3.8, 4) is 28.0 Å². The molecule has 0 unspecified atom stereocenters. The van der Waals surface area contributed by atoms with Gasteiger partial charge < -0.3 is 30.2 Å². The summed E-state index contributed by atoms with van der Waals surface area (Å²) in [6, 6.07) is 21.2. The smallest absolute Gasteiger partial charge is 0.229 e. The van der Waals surface area contributed by atoms with Crippen molar-refractivity contribution in [3.63, 3.8) is 0 Å². The Kier molecular flexibility index (Phi) is 11.7. The van der Waals surface area contributed by atoms with Crippen LogP contribution in [0.3, 0.4) is 0 Å². The van der Waals surface area contributed by atoms with Crippen molar-refractivity contribution in [2.75, 3.05) is 68.1 Å². The summed E-state index contributed by atoms with van der Waals surface area (Å²) in [5.41, 5.74) is 6.91. The van der Waals surface area contributed by atoms with Crippen LogP contribution in [0, 0.1) is 0 Å². The van der Waals surface area contributed by atoms with Crippen LogP contribution in [0.25, 0.3) is 22.3 Å². The first-order valence-electron chi connectivity index (χ1n) is 18.5. The second-order valence-electron chi connectivity index (χ2n) is 14.7. The van der Waals surface area contributed by atoms with Gasteiger partial charge in [0.25, 0.3) is 0 Å². The number of hydrogen-bond donors (Lipinski definition) is 3. The summed E-state index contributed by atoms with van der Waals surface area (Å²) in [7, 11) is -0.715. The van der Waals surface area contributed by atoms with Crippen LogP contribution in [0.1, 0.15) is 25.7 Å². The molecule has 0 radical (unpaired) electrons. The highest BCUT2D eigenvalue weighted by Gasteiger charge is 2.30. The van der Waals surface area contributed by atoms with Gasteiger partial charge in [-0.25, -0.2) is 4.98 Å². The molecule has 0 spiro atoms. The maximum atomic E-state index is 13.6. The molecule has 3 fully saturated rings. The molecule has 284 valence electrons. The van der Waals surface area contributed by atoms with Crippen LogP contribution in [0.2, 0.25) is 0 Å². The molecule has 14 heteroatoms. The Morgan fingerprint density at radius 3 is 2.31 bits per heavy atom. The highest BCUT2D eigenvalue weighted by atomic mass is 79.9. The number of aryl methyl sites for hydroxylation is 1. The number of ether oxygens (including phenoxy) is 1. The van der Waals surface area contributed by atoms with Crippen molar-refractivity contribution >= 4 is 69.6 Å². The molecule has 1 aliphatic carbocycles. The minimum Gasteiger partial charge on any atom is -0.488 e. The van der Waals surface area contributed by atoms with Crippen molar-refractivity contribution in [2.24, 2.45) is 7.05 Å². The van der Waals surface area contributed by atoms with E-state index < -0.39 is 7.14 Å². The average Bonchev–Trinajstić information content (AvgIpc) is 3.89. The van der Waals surface area contributed by atoms with Crippen LogP contribution in [0.4, 0.5) is 28.8 Å². The first kappa shape index (κ1) is 38.3. The summed E-state index contributed by atoms with van der Waals surface area (Å²) in [4.78, 5) is 14.7. The van der Waals surface area contributed by atoms with Crippen LogP contribution in [0.5, 0.6) is 5.75 Å². The van der Waals surface area contributed by atoms with Gasteiger partial charge in [-0.15, -0.1) is 12.4 Å². The third-order valence-corrected chi connectivity index (χ3v) is 12.4. The topological polar surface area (TPSA) is 112 Å². The number of piperidine rings is 1.